The number of pyridine rings is 1. The van der Waals surface area contributed by atoms with Crippen molar-refractivity contribution in [3.63, 3.8) is 0 Å². The van der Waals surface area contributed by atoms with E-state index in [1.54, 1.807) is 0 Å². The molecule has 0 saturated heterocycles. The van der Waals surface area contributed by atoms with Crippen LogP contribution in [0.25, 0.3) is 49.1 Å². The molecule has 0 fully saturated rings. The molecule has 0 spiro atoms. The Kier molecular flexibility index (Phi) is 3.48. The molecule has 0 radical (unpaired) electrons. The molecule has 0 bridgehead atoms. The van der Waals surface area contributed by atoms with Crippen LogP contribution in [0.4, 0.5) is 0 Å². The monoisotopic (exact) mass is 392 g/mol. The van der Waals surface area contributed by atoms with E-state index in [-0.39, 0.29) is 0 Å². The van der Waals surface area contributed by atoms with Crippen LogP contribution in [0.15, 0.2) is 48.8 Å². The van der Waals surface area contributed by atoms with Crippen LogP contribution >= 0.6 is 0 Å². The van der Waals surface area contributed by atoms with Gasteiger partial charge in [-0.25, -0.2) is 4.57 Å². The number of benzene rings is 3. The first-order chi connectivity index (χ1) is 14.5. The highest BCUT2D eigenvalue weighted by Crippen LogP contribution is 2.42. The number of hydrogen-bond donors (Lipinski definition) is 0. The summed E-state index contributed by atoms with van der Waals surface area (Å²) >= 11 is 0. The molecule has 3 heterocycles. The van der Waals surface area contributed by atoms with Gasteiger partial charge in [0.1, 0.15) is 5.52 Å². The molecule has 3 heteroatoms. The molecule has 30 heavy (non-hydrogen) atoms. The van der Waals surface area contributed by atoms with Gasteiger partial charge in [0, 0.05) is 16.2 Å². The van der Waals surface area contributed by atoms with E-state index >= 15 is 0 Å². The fraction of sp³-hybridized carbons (Fsp3) is 0.259. The van der Waals surface area contributed by atoms with Crippen LogP contribution in [-0.2, 0) is 13.5 Å². The molecular weight excluding hydrogens is 366 g/mol. The van der Waals surface area contributed by atoms with Crippen molar-refractivity contribution in [2.75, 3.05) is 0 Å². The van der Waals surface area contributed by atoms with Gasteiger partial charge in [0.25, 0.3) is 6.33 Å². The lowest BCUT2D eigenvalue weighted by molar-refractivity contribution is -0.646. The zero-order valence-corrected chi connectivity index (χ0v) is 18.2. The summed E-state index contributed by atoms with van der Waals surface area (Å²) in [6.07, 6.45) is 2.97. The molecule has 6 aromatic rings. The number of fused-ring (bicyclic) bond motifs is 5. The minimum atomic E-state index is 0.473. The van der Waals surface area contributed by atoms with Crippen molar-refractivity contribution in [1.82, 2.24) is 9.38 Å². The second-order valence-corrected chi connectivity index (χ2v) is 8.95. The number of hydrogen-bond acceptors (Lipinski definition) is 1. The number of aryl methyl sites for hydroxylation is 3. The van der Waals surface area contributed by atoms with Gasteiger partial charge in [0.2, 0.25) is 0 Å². The molecule has 0 saturated carbocycles. The summed E-state index contributed by atoms with van der Waals surface area (Å²) in [5.41, 5.74) is 10.3. The SMILES string of the molecule is CCc1cc2nc[n+](C)c3c4c(C)ccc5c6c(C(C)C)cccc6n(c(c1)c23)c54. The summed E-state index contributed by atoms with van der Waals surface area (Å²) in [6, 6.07) is 16.0. The lowest BCUT2D eigenvalue weighted by Crippen LogP contribution is -2.30. The molecule has 0 unspecified atom stereocenters. The molecule has 3 aromatic heterocycles. The van der Waals surface area contributed by atoms with Gasteiger partial charge in [0.05, 0.1) is 29.0 Å². The van der Waals surface area contributed by atoms with E-state index in [4.69, 9.17) is 4.98 Å². The largest absolute Gasteiger partial charge is 0.308 e. The Morgan fingerprint density at radius 1 is 1.00 bits per heavy atom. The van der Waals surface area contributed by atoms with Crippen LogP contribution in [0, 0.1) is 6.92 Å². The summed E-state index contributed by atoms with van der Waals surface area (Å²) in [5.74, 6) is 0.473. The van der Waals surface area contributed by atoms with Crippen molar-refractivity contribution in [3.05, 3.63) is 65.5 Å². The van der Waals surface area contributed by atoms with Gasteiger partial charge >= 0.3 is 0 Å². The van der Waals surface area contributed by atoms with Gasteiger partial charge in [-0.2, -0.15) is 0 Å². The third-order valence-electron chi connectivity index (χ3n) is 6.82. The van der Waals surface area contributed by atoms with Crippen molar-refractivity contribution in [1.29, 1.82) is 0 Å². The zero-order valence-electron chi connectivity index (χ0n) is 18.2. The van der Waals surface area contributed by atoms with Crippen molar-refractivity contribution < 1.29 is 4.57 Å². The first-order valence-corrected chi connectivity index (χ1v) is 10.9. The molecule has 0 aliphatic rings. The van der Waals surface area contributed by atoms with Crippen LogP contribution in [0.5, 0.6) is 0 Å². The van der Waals surface area contributed by atoms with Crippen molar-refractivity contribution >= 4 is 49.1 Å². The summed E-state index contributed by atoms with van der Waals surface area (Å²) < 4.78 is 4.71. The van der Waals surface area contributed by atoms with E-state index < -0.39 is 0 Å². The van der Waals surface area contributed by atoms with Crippen LogP contribution < -0.4 is 4.57 Å². The summed E-state index contributed by atoms with van der Waals surface area (Å²) in [5, 5.41) is 5.34. The Bertz CT molecular complexity index is 1620. The van der Waals surface area contributed by atoms with E-state index in [2.05, 4.69) is 86.2 Å². The second-order valence-electron chi connectivity index (χ2n) is 8.95. The van der Waals surface area contributed by atoms with E-state index in [1.807, 2.05) is 6.33 Å². The Morgan fingerprint density at radius 3 is 2.60 bits per heavy atom. The molecule has 0 aliphatic heterocycles. The number of rotatable bonds is 2. The highest BCUT2D eigenvalue weighted by atomic mass is 15.0. The fourth-order valence-electron chi connectivity index (χ4n) is 5.39. The maximum atomic E-state index is 4.82. The van der Waals surface area contributed by atoms with Crippen molar-refractivity contribution in [2.24, 2.45) is 7.05 Å². The van der Waals surface area contributed by atoms with Gasteiger partial charge in [-0.3, -0.25) is 0 Å². The summed E-state index contributed by atoms with van der Waals surface area (Å²) in [6.45, 7) is 9.04. The first kappa shape index (κ1) is 17.6. The molecule has 6 rings (SSSR count). The zero-order chi connectivity index (χ0) is 20.7. The maximum absolute atomic E-state index is 4.82. The predicted octanol–water partition coefficient (Wildman–Crippen LogP) is 6.20. The molecule has 3 aromatic carbocycles. The Labute approximate surface area is 175 Å². The van der Waals surface area contributed by atoms with E-state index in [0.29, 0.717) is 5.92 Å². The van der Waals surface area contributed by atoms with Gasteiger partial charge in [-0.05, 0) is 59.1 Å². The number of nitrogens with zero attached hydrogens (tertiary/aromatic N) is 3. The Hall–Kier alpha value is -3.20. The predicted molar refractivity (Wildman–Crippen MR) is 126 cm³/mol. The first-order valence-electron chi connectivity index (χ1n) is 10.9. The standard InChI is InChI=1S/C27H26N3/c1-6-17-12-20-25-22(13-17)30-21-9-7-8-18(15(2)3)24(21)19-11-10-16(4)23(26(19)30)27(25)29(5)14-28-20/h7-15H,6H2,1-5H3/q+1. The average Bonchev–Trinajstić information content (AvgIpc) is 3.08. The minimum Gasteiger partial charge on any atom is -0.308 e. The molecule has 0 aliphatic carbocycles. The summed E-state index contributed by atoms with van der Waals surface area (Å²) in [4.78, 5) is 4.82. The highest BCUT2D eigenvalue weighted by Gasteiger charge is 2.25. The Morgan fingerprint density at radius 2 is 1.83 bits per heavy atom. The molecule has 0 N–H and O–H groups in total. The summed E-state index contributed by atoms with van der Waals surface area (Å²) in [7, 11) is 2.12. The lowest BCUT2D eigenvalue weighted by atomic mass is 9.96. The maximum Gasteiger partial charge on any atom is 0.287 e. The molecular formula is C27H26N3+. The minimum absolute atomic E-state index is 0.473. The quantitative estimate of drug-likeness (QED) is 0.195. The third-order valence-corrected chi connectivity index (χ3v) is 6.82. The fourth-order valence-corrected chi connectivity index (χ4v) is 5.39. The van der Waals surface area contributed by atoms with Gasteiger partial charge in [-0.15, -0.1) is 0 Å². The van der Waals surface area contributed by atoms with E-state index in [9.17, 15) is 0 Å². The van der Waals surface area contributed by atoms with Crippen LogP contribution in [0.2, 0.25) is 0 Å². The van der Waals surface area contributed by atoms with E-state index in [1.165, 1.54) is 60.3 Å². The van der Waals surface area contributed by atoms with Gasteiger partial charge in [0.15, 0.2) is 5.52 Å². The molecule has 3 nitrogen and oxygen atoms in total. The topological polar surface area (TPSA) is 21.2 Å². The molecule has 148 valence electrons. The Balaban J connectivity index is 2.08. The average molecular weight is 393 g/mol. The lowest BCUT2D eigenvalue weighted by Gasteiger charge is -2.13. The van der Waals surface area contributed by atoms with Crippen LogP contribution in [0.1, 0.15) is 43.4 Å². The third kappa shape index (κ3) is 2.05. The molecule has 0 amide bonds. The smallest absolute Gasteiger partial charge is 0.287 e. The van der Waals surface area contributed by atoms with Crippen molar-refractivity contribution in [2.45, 2.75) is 40.0 Å². The number of aromatic nitrogens is 3. The van der Waals surface area contributed by atoms with Gasteiger partial charge < -0.3 is 4.40 Å². The van der Waals surface area contributed by atoms with Crippen molar-refractivity contribution in [3.8, 4) is 0 Å². The van der Waals surface area contributed by atoms with Gasteiger partial charge in [-0.1, -0.05) is 45.0 Å². The van der Waals surface area contributed by atoms with Crippen LogP contribution in [0.3, 0.4) is 0 Å². The van der Waals surface area contributed by atoms with Crippen LogP contribution in [-0.4, -0.2) is 9.38 Å². The normalized spacial score (nSPS) is 12.6. The van der Waals surface area contributed by atoms with E-state index in [0.717, 1.165) is 11.9 Å². The second kappa shape index (κ2) is 5.91. The molecule has 0 atom stereocenters. The highest BCUT2D eigenvalue weighted by molar-refractivity contribution is 6.25.